The molecule has 142 valence electrons. The molecule has 3 N–H and O–H groups in total. The summed E-state index contributed by atoms with van der Waals surface area (Å²) in [6.07, 6.45) is 9.24. The van der Waals surface area contributed by atoms with Gasteiger partial charge in [0.2, 0.25) is 0 Å². The van der Waals surface area contributed by atoms with Gasteiger partial charge in [-0.2, -0.15) is 5.10 Å². The third kappa shape index (κ3) is 2.99. The van der Waals surface area contributed by atoms with Crippen molar-refractivity contribution in [2.45, 2.75) is 37.8 Å². The van der Waals surface area contributed by atoms with Crippen molar-refractivity contribution in [3.05, 3.63) is 53.9 Å². The van der Waals surface area contributed by atoms with Gasteiger partial charge in [-0.3, -0.25) is 5.43 Å². The Bertz CT molecular complexity index is 1050. The third-order valence-electron chi connectivity index (χ3n) is 5.79. The van der Waals surface area contributed by atoms with Crippen LogP contribution >= 0.6 is 0 Å². The summed E-state index contributed by atoms with van der Waals surface area (Å²) in [5, 5.41) is 9.27. The summed E-state index contributed by atoms with van der Waals surface area (Å²) in [5.41, 5.74) is 9.21. The molecule has 0 aliphatic carbocycles. The Kier molecular flexibility index (Phi) is 4.41. The Morgan fingerprint density at radius 2 is 2.14 bits per heavy atom. The molecule has 1 fully saturated rings. The van der Waals surface area contributed by atoms with Crippen molar-refractivity contribution in [3.63, 3.8) is 0 Å². The zero-order valence-corrected chi connectivity index (χ0v) is 15.6. The Labute approximate surface area is 163 Å². The highest BCUT2D eigenvalue weighted by atomic mass is 16.1. The van der Waals surface area contributed by atoms with E-state index in [4.69, 9.17) is 0 Å². The highest BCUT2D eigenvalue weighted by molar-refractivity contribution is 6.05. The number of fused-ring (bicyclic) bond motifs is 2. The molecule has 6 nitrogen and oxygen atoms in total. The molecular weight excluding hydrogens is 350 g/mol. The van der Waals surface area contributed by atoms with Crippen molar-refractivity contribution < 1.29 is 4.79 Å². The largest absolute Gasteiger partial charge is 0.346 e. The minimum absolute atomic E-state index is 0.392. The van der Waals surface area contributed by atoms with Crippen LogP contribution in [-0.4, -0.2) is 34.6 Å². The monoisotopic (exact) mass is 373 g/mol. The molecule has 2 atom stereocenters. The first-order valence-corrected chi connectivity index (χ1v) is 9.91. The van der Waals surface area contributed by atoms with Gasteiger partial charge >= 0.3 is 0 Å². The number of hydrazone groups is 1. The molecule has 0 spiro atoms. The van der Waals surface area contributed by atoms with Gasteiger partial charge in [-0.25, -0.2) is 4.98 Å². The van der Waals surface area contributed by atoms with Gasteiger partial charge in [0, 0.05) is 41.4 Å². The van der Waals surface area contributed by atoms with Gasteiger partial charge in [-0.15, -0.1) is 0 Å². The third-order valence-corrected chi connectivity index (χ3v) is 5.79. The zero-order chi connectivity index (χ0) is 18.9. The molecule has 1 saturated heterocycles. The molecule has 4 heterocycles. The molecule has 2 aliphatic rings. The Hall–Kier alpha value is -2.99. The molecule has 6 heteroatoms. The molecule has 2 aliphatic heterocycles. The van der Waals surface area contributed by atoms with Crippen LogP contribution in [0.3, 0.4) is 0 Å². The molecule has 2 unspecified atom stereocenters. The molecule has 5 rings (SSSR count). The van der Waals surface area contributed by atoms with E-state index in [-0.39, 0.29) is 0 Å². The molecule has 28 heavy (non-hydrogen) atoms. The van der Waals surface area contributed by atoms with Crippen LogP contribution in [0.4, 0.5) is 0 Å². The summed E-state index contributed by atoms with van der Waals surface area (Å²) in [5.74, 6) is 0. The predicted octanol–water partition coefficient (Wildman–Crippen LogP) is 3.31. The SMILES string of the molecule is O=CC1NN=C(CC2CCCCN2)c2cc(-c3c[nH]c4ncccc34)ccc21. The van der Waals surface area contributed by atoms with Crippen LogP contribution in [0.1, 0.15) is 42.9 Å². The number of nitrogens with zero attached hydrogens (tertiary/aromatic N) is 2. The van der Waals surface area contributed by atoms with E-state index in [9.17, 15) is 4.79 Å². The number of carbonyl (C=O) groups is 1. The van der Waals surface area contributed by atoms with E-state index in [1.54, 1.807) is 6.20 Å². The van der Waals surface area contributed by atoms with Crippen molar-refractivity contribution in [1.29, 1.82) is 0 Å². The lowest BCUT2D eigenvalue weighted by Crippen LogP contribution is -2.37. The van der Waals surface area contributed by atoms with E-state index in [0.717, 1.165) is 58.3 Å². The number of nitrogens with one attached hydrogen (secondary N) is 3. The van der Waals surface area contributed by atoms with E-state index in [0.29, 0.717) is 6.04 Å². The first kappa shape index (κ1) is 17.1. The minimum atomic E-state index is -0.392. The van der Waals surface area contributed by atoms with Crippen LogP contribution in [-0.2, 0) is 4.79 Å². The molecule has 0 radical (unpaired) electrons. The Morgan fingerprint density at radius 3 is 3.00 bits per heavy atom. The summed E-state index contributed by atoms with van der Waals surface area (Å²) in [4.78, 5) is 19.2. The van der Waals surface area contributed by atoms with Crippen LogP contribution in [0.15, 0.2) is 47.8 Å². The van der Waals surface area contributed by atoms with Gasteiger partial charge in [0.05, 0.1) is 5.71 Å². The fraction of sp³-hybridized carbons (Fsp3) is 0.318. The highest BCUT2D eigenvalue weighted by Gasteiger charge is 2.25. The lowest BCUT2D eigenvalue weighted by Gasteiger charge is -2.28. The summed E-state index contributed by atoms with van der Waals surface area (Å²) < 4.78 is 0. The minimum Gasteiger partial charge on any atom is -0.346 e. The quantitative estimate of drug-likeness (QED) is 0.613. The maximum Gasteiger partial charge on any atom is 0.148 e. The van der Waals surface area contributed by atoms with E-state index in [1.165, 1.54) is 19.3 Å². The van der Waals surface area contributed by atoms with Gasteiger partial charge in [-0.05, 0) is 48.7 Å². The highest BCUT2D eigenvalue weighted by Crippen LogP contribution is 2.32. The second kappa shape index (κ2) is 7.20. The number of pyridine rings is 1. The normalized spacial score (nSPS) is 21.6. The predicted molar refractivity (Wildman–Crippen MR) is 110 cm³/mol. The lowest BCUT2D eigenvalue weighted by molar-refractivity contribution is -0.109. The van der Waals surface area contributed by atoms with Crippen LogP contribution < -0.4 is 10.7 Å². The zero-order valence-electron chi connectivity index (χ0n) is 15.6. The van der Waals surface area contributed by atoms with Crippen LogP contribution in [0.25, 0.3) is 22.2 Å². The van der Waals surface area contributed by atoms with Gasteiger partial charge in [0.1, 0.15) is 18.0 Å². The fourth-order valence-corrected chi connectivity index (χ4v) is 4.31. The first-order valence-electron chi connectivity index (χ1n) is 9.91. The maximum absolute atomic E-state index is 11.6. The molecule has 3 aromatic rings. The van der Waals surface area contributed by atoms with E-state index in [2.05, 4.69) is 50.1 Å². The fourth-order valence-electron chi connectivity index (χ4n) is 4.31. The molecule has 0 bridgehead atoms. The van der Waals surface area contributed by atoms with E-state index >= 15 is 0 Å². The van der Waals surface area contributed by atoms with Crippen molar-refractivity contribution in [2.24, 2.45) is 5.10 Å². The lowest BCUT2D eigenvalue weighted by atomic mass is 9.88. The number of H-pyrrole nitrogens is 1. The number of aldehydes is 1. The average Bonchev–Trinajstić information content (AvgIpc) is 3.19. The molecule has 1 aromatic carbocycles. The first-order chi connectivity index (χ1) is 13.8. The standard InChI is InChI=1S/C22H23N5O/c28-13-21-16-7-6-14(19-12-25-22-17(19)5-3-9-24-22)10-18(16)20(26-27-21)11-15-4-1-2-8-23-15/h3,5-7,9-10,12-13,15,21,23,27H,1-2,4,8,11H2,(H,24,25). The summed E-state index contributed by atoms with van der Waals surface area (Å²) in [6.45, 7) is 1.07. The van der Waals surface area contributed by atoms with E-state index in [1.807, 2.05) is 12.3 Å². The Balaban J connectivity index is 1.55. The summed E-state index contributed by atoms with van der Waals surface area (Å²) >= 11 is 0. The number of rotatable bonds is 4. The number of hydrogen-bond donors (Lipinski definition) is 3. The van der Waals surface area contributed by atoms with Crippen LogP contribution in [0.2, 0.25) is 0 Å². The number of benzene rings is 1. The number of carbonyl (C=O) groups excluding carboxylic acids is 1. The summed E-state index contributed by atoms with van der Waals surface area (Å²) in [6, 6.07) is 10.4. The Morgan fingerprint density at radius 1 is 1.18 bits per heavy atom. The number of piperidine rings is 1. The van der Waals surface area contributed by atoms with Crippen molar-refractivity contribution in [3.8, 4) is 11.1 Å². The second-order valence-corrected chi connectivity index (χ2v) is 7.56. The smallest absolute Gasteiger partial charge is 0.148 e. The van der Waals surface area contributed by atoms with Gasteiger partial charge in [0.15, 0.2) is 0 Å². The van der Waals surface area contributed by atoms with Crippen molar-refractivity contribution in [2.75, 3.05) is 6.54 Å². The number of aromatic nitrogens is 2. The molecular formula is C22H23N5O. The maximum atomic E-state index is 11.6. The summed E-state index contributed by atoms with van der Waals surface area (Å²) in [7, 11) is 0. The molecule has 0 saturated carbocycles. The number of aromatic amines is 1. The average molecular weight is 373 g/mol. The van der Waals surface area contributed by atoms with Gasteiger partial charge in [0.25, 0.3) is 0 Å². The second-order valence-electron chi connectivity index (χ2n) is 7.56. The van der Waals surface area contributed by atoms with Gasteiger partial charge in [-0.1, -0.05) is 18.6 Å². The van der Waals surface area contributed by atoms with E-state index < -0.39 is 6.04 Å². The van der Waals surface area contributed by atoms with Crippen molar-refractivity contribution in [1.82, 2.24) is 20.7 Å². The molecule has 2 aromatic heterocycles. The number of hydrogen-bond acceptors (Lipinski definition) is 5. The van der Waals surface area contributed by atoms with Crippen molar-refractivity contribution >= 4 is 23.0 Å². The van der Waals surface area contributed by atoms with Crippen LogP contribution in [0.5, 0.6) is 0 Å². The van der Waals surface area contributed by atoms with Gasteiger partial charge < -0.3 is 15.1 Å². The topological polar surface area (TPSA) is 82.2 Å². The van der Waals surface area contributed by atoms with Crippen LogP contribution in [0, 0.1) is 0 Å². The molecule has 0 amide bonds.